The van der Waals surface area contributed by atoms with Crippen molar-refractivity contribution in [3.05, 3.63) is 62.3 Å². The Hall–Kier alpha value is -1.66. The lowest BCUT2D eigenvalue weighted by Crippen LogP contribution is -2.17. The maximum atomic E-state index is 10.5. The second-order valence-corrected chi connectivity index (χ2v) is 5.07. The number of hydrogen-bond acceptors (Lipinski definition) is 4. The van der Waals surface area contributed by atoms with Gasteiger partial charge in [-0.3, -0.25) is 10.1 Å². The highest BCUT2D eigenvalue weighted by molar-refractivity contribution is 9.10. The lowest BCUT2D eigenvalue weighted by molar-refractivity contribution is -0.402. The Labute approximate surface area is 118 Å². The first-order valence-corrected chi connectivity index (χ1v) is 6.57. The number of nitrogens with one attached hydrogen (secondary N) is 1. The average molecular weight is 325 g/mol. The SMILES string of the molecule is CC(NCc1ccc([N+](=O)[O-])o1)c1cccc(Br)c1. The Morgan fingerprint density at radius 2 is 2.21 bits per heavy atom. The fourth-order valence-electron chi connectivity index (χ4n) is 1.71. The van der Waals surface area contributed by atoms with Gasteiger partial charge in [-0.05, 0) is 30.7 Å². The van der Waals surface area contributed by atoms with Crippen LogP contribution in [0.15, 0.2) is 45.3 Å². The number of rotatable bonds is 5. The monoisotopic (exact) mass is 324 g/mol. The van der Waals surface area contributed by atoms with Crippen LogP contribution in [-0.4, -0.2) is 4.92 Å². The first-order chi connectivity index (χ1) is 9.06. The van der Waals surface area contributed by atoms with E-state index < -0.39 is 4.92 Å². The van der Waals surface area contributed by atoms with Gasteiger partial charge in [-0.2, -0.15) is 0 Å². The fourth-order valence-corrected chi connectivity index (χ4v) is 2.12. The van der Waals surface area contributed by atoms with Crippen molar-refractivity contribution < 1.29 is 9.34 Å². The minimum atomic E-state index is -0.540. The summed E-state index contributed by atoms with van der Waals surface area (Å²) in [6.07, 6.45) is 0. The van der Waals surface area contributed by atoms with E-state index in [0.717, 1.165) is 10.0 Å². The summed E-state index contributed by atoms with van der Waals surface area (Å²) < 4.78 is 6.10. The summed E-state index contributed by atoms with van der Waals surface area (Å²) in [6, 6.07) is 11.1. The molecule has 2 rings (SSSR count). The lowest BCUT2D eigenvalue weighted by atomic mass is 10.1. The molecule has 1 unspecified atom stereocenters. The molecule has 1 heterocycles. The average Bonchev–Trinajstić information content (AvgIpc) is 2.85. The second-order valence-electron chi connectivity index (χ2n) is 4.15. The predicted octanol–water partition coefficient (Wildman–Crippen LogP) is 3.80. The van der Waals surface area contributed by atoms with Gasteiger partial charge in [0.15, 0.2) is 0 Å². The van der Waals surface area contributed by atoms with Crippen molar-refractivity contribution in [2.75, 3.05) is 0 Å². The quantitative estimate of drug-likeness (QED) is 0.670. The minimum absolute atomic E-state index is 0.127. The molecule has 1 N–H and O–H groups in total. The van der Waals surface area contributed by atoms with Crippen LogP contribution >= 0.6 is 15.9 Å². The van der Waals surface area contributed by atoms with Crippen LogP contribution in [0.3, 0.4) is 0 Å². The van der Waals surface area contributed by atoms with Crippen LogP contribution in [0.2, 0.25) is 0 Å². The molecule has 0 aliphatic rings. The molecule has 0 aliphatic carbocycles. The van der Waals surface area contributed by atoms with E-state index in [0.29, 0.717) is 12.3 Å². The molecule has 5 nitrogen and oxygen atoms in total. The largest absolute Gasteiger partial charge is 0.433 e. The van der Waals surface area contributed by atoms with Crippen LogP contribution < -0.4 is 5.32 Å². The minimum Gasteiger partial charge on any atom is -0.404 e. The Kier molecular flexibility index (Phi) is 4.34. The van der Waals surface area contributed by atoms with Crippen LogP contribution in [-0.2, 0) is 6.54 Å². The Morgan fingerprint density at radius 3 is 2.84 bits per heavy atom. The predicted molar refractivity (Wildman–Crippen MR) is 74.8 cm³/mol. The van der Waals surface area contributed by atoms with Gasteiger partial charge in [-0.15, -0.1) is 0 Å². The van der Waals surface area contributed by atoms with Crippen LogP contribution in [0.5, 0.6) is 0 Å². The van der Waals surface area contributed by atoms with Gasteiger partial charge >= 0.3 is 5.88 Å². The van der Waals surface area contributed by atoms with E-state index in [1.807, 2.05) is 31.2 Å². The van der Waals surface area contributed by atoms with Crippen molar-refractivity contribution in [3.63, 3.8) is 0 Å². The summed E-state index contributed by atoms with van der Waals surface area (Å²) in [5.41, 5.74) is 1.13. The van der Waals surface area contributed by atoms with Crippen LogP contribution in [0.25, 0.3) is 0 Å². The maximum absolute atomic E-state index is 10.5. The fraction of sp³-hybridized carbons (Fsp3) is 0.231. The van der Waals surface area contributed by atoms with Gasteiger partial charge in [0.2, 0.25) is 0 Å². The van der Waals surface area contributed by atoms with E-state index in [1.54, 1.807) is 6.07 Å². The molecule has 0 radical (unpaired) electrons. The van der Waals surface area contributed by atoms with Crippen LogP contribution in [0, 0.1) is 10.1 Å². The van der Waals surface area contributed by atoms with Crippen LogP contribution in [0.4, 0.5) is 5.88 Å². The normalized spacial score (nSPS) is 12.3. The van der Waals surface area contributed by atoms with Gasteiger partial charge < -0.3 is 9.73 Å². The molecule has 0 amide bonds. The third kappa shape index (κ3) is 3.65. The first-order valence-electron chi connectivity index (χ1n) is 5.78. The summed E-state index contributed by atoms with van der Waals surface area (Å²) in [7, 11) is 0. The van der Waals surface area contributed by atoms with Gasteiger partial charge in [-0.25, -0.2) is 0 Å². The van der Waals surface area contributed by atoms with E-state index in [9.17, 15) is 10.1 Å². The summed E-state index contributed by atoms with van der Waals surface area (Å²) in [5, 5.41) is 13.8. The summed E-state index contributed by atoms with van der Waals surface area (Å²) in [4.78, 5) is 9.96. The molecule has 19 heavy (non-hydrogen) atoms. The highest BCUT2D eigenvalue weighted by Gasteiger charge is 2.12. The molecule has 100 valence electrons. The second kappa shape index (κ2) is 5.99. The van der Waals surface area contributed by atoms with E-state index in [-0.39, 0.29) is 11.9 Å². The molecule has 1 aromatic heterocycles. The number of furan rings is 1. The van der Waals surface area contributed by atoms with Gasteiger partial charge in [0.25, 0.3) is 0 Å². The molecule has 0 saturated heterocycles. The zero-order chi connectivity index (χ0) is 13.8. The number of nitrogens with zero attached hydrogens (tertiary/aromatic N) is 1. The van der Waals surface area contributed by atoms with Gasteiger partial charge in [0.05, 0.1) is 12.6 Å². The zero-order valence-electron chi connectivity index (χ0n) is 10.3. The molecule has 0 fully saturated rings. The van der Waals surface area contributed by atoms with Crippen molar-refractivity contribution in [3.8, 4) is 0 Å². The zero-order valence-corrected chi connectivity index (χ0v) is 11.9. The Balaban J connectivity index is 1.96. The van der Waals surface area contributed by atoms with Gasteiger partial charge in [-0.1, -0.05) is 28.1 Å². The van der Waals surface area contributed by atoms with Gasteiger partial charge in [0, 0.05) is 10.5 Å². The van der Waals surface area contributed by atoms with Crippen molar-refractivity contribution in [2.45, 2.75) is 19.5 Å². The summed E-state index contributed by atoms with van der Waals surface area (Å²) in [6.45, 7) is 2.47. The molecular weight excluding hydrogens is 312 g/mol. The third-order valence-electron chi connectivity index (χ3n) is 2.76. The number of halogens is 1. The highest BCUT2D eigenvalue weighted by Crippen LogP contribution is 2.19. The molecule has 0 saturated carbocycles. The number of nitro groups is 1. The molecule has 2 aromatic rings. The maximum Gasteiger partial charge on any atom is 0.433 e. The van der Waals surface area contributed by atoms with E-state index in [2.05, 4.69) is 21.2 Å². The topological polar surface area (TPSA) is 68.3 Å². The van der Waals surface area contributed by atoms with Gasteiger partial charge in [0.1, 0.15) is 10.7 Å². The van der Waals surface area contributed by atoms with Crippen LogP contribution in [0.1, 0.15) is 24.3 Å². The number of benzene rings is 1. The first kappa shape index (κ1) is 13.8. The standard InChI is InChI=1S/C13H13BrN2O3/c1-9(10-3-2-4-11(14)7-10)15-8-12-5-6-13(19-12)16(17)18/h2-7,9,15H,8H2,1H3. The van der Waals surface area contributed by atoms with Crippen molar-refractivity contribution in [1.82, 2.24) is 5.32 Å². The molecule has 0 bridgehead atoms. The molecule has 0 spiro atoms. The van der Waals surface area contributed by atoms with Crippen molar-refractivity contribution in [2.24, 2.45) is 0 Å². The molecular formula is C13H13BrN2O3. The Morgan fingerprint density at radius 1 is 1.42 bits per heavy atom. The molecule has 6 heteroatoms. The van der Waals surface area contributed by atoms with E-state index >= 15 is 0 Å². The molecule has 1 atom stereocenters. The van der Waals surface area contributed by atoms with Crippen molar-refractivity contribution >= 4 is 21.8 Å². The summed E-state index contributed by atoms with van der Waals surface area (Å²) in [5.74, 6) is 0.320. The smallest absolute Gasteiger partial charge is 0.404 e. The lowest BCUT2D eigenvalue weighted by Gasteiger charge is -2.13. The van der Waals surface area contributed by atoms with E-state index in [1.165, 1.54) is 6.07 Å². The van der Waals surface area contributed by atoms with Crippen molar-refractivity contribution in [1.29, 1.82) is 0 Å². The highest BCUT2D eigenvalue weighted by atomic mass is 79.9. The third-order valence-corrected chi connectivity index (χ3v) is 3.25. The Bertz CT molecular complexity index is 583. The molecule has 0 aliphatic heterocycles. The number of hydrogen-bond donors (Lipinski definition) is 1. The summed E-state index contributed by atoms with van der Waals surface area (Å²) >= 11 is 3.42. The van der Waals surface area contributed by atoms with E-state index in [4.69, 9.17) is 4.42 Å². The molecule has 1 aromatic carbocycles.